The fourth-order valence-electron chi connectivity index (χ4n) is 4.55. The molecule has 0 saturated carbocycles. The number of anilines is 1. The summed E-state index contributed by atoms with van der Waals surface area (Å²) in [5, 5.41) is 6.66. The largest absolute Gasteiger partial charge is 0.324 e. The van der Waals surface area contributed by atoms with Gasteiger partial charge in [-0.15, -0.1) is 0 Å². The van der Waals surface area contributed by atoms with Gasteiger partial charge in [-0.3, -0.25) is 15.0 Å². The van der Waals surface area contributed by atoms with Crippen molar-refractivity contribution >= 4 is 11.6 Å². The third-order valence-corrected chi connectivity index (χ3v) is 6.09. The minimum atomic E-state index is -0.433. The second-order valence-corrected chi connectivity index (χ2v) is 8.84. The van der Waals surface area contributed by atoms with Gasteiger partial charge in [-0.2, -0.15) is 0 Å². The zero-order valence-electron chi connectivity index (χ0n) is 19.1. The highest BCUT2D eigenvalue weighted by Crippen LogP contribution is 2.21. The van der Waals surface area contributed by atoms with Crippen molar-refractivity contribution in [2.24, 2.45) is 0 Å². The topological polar surface area (TPSA) is 44.4 Å². The third kappa shape index (κ3) is 5.84. The molecule has 4 heteroatoms. The minimum Gasteiger partial charge on any atom is -0.324 e. The molecule has 4 rings (SSSR count). The summed E-state index contributed by atoms with van der Waals surface area (Å²) in [5.74, 6) is -0.0433. The summed E-state index contributed by atoms with van der Waals surface area (Å²) in [6.07, 6.45) is 2.57. The SMILES string of the molecule is Cc1cc(C)cc(NC(=O)[C@@H](NCc2ccccc2CN2CCCC2)c2ccccc2)c1. The Kier molecular flexibility index (Phi) is 7.35. The first-order valence-corrected chi connectivity index (χ1v) is 11.5. The van der Waals surface area contributed by atoms with E-state index in [4.69, 9.17) is 0 Å². The molecule has 1 fully saturated rings. The number of amides is 1. The number of likely N-dealkylation sites (tertiary alicyclic amines) is 1. The Hall–Kier alpha value is -2.95. The van der Waals surface area contributed by atoms with Crippen LogP contribution in [0.2, 0.25) is 0 Å². The highest BCUT2D eigenvalue weighted by Gasteiger charge is 2.21. The van der Waals surface area contributed by atoms with Crippen LogP contribution >= 0.6 is 0 Å². The number of nitrogens with zero attached hydrogens (tertiary/aromatic N) is 1. The number of rotatable bonds is 8. The number of hydrogen-bond acceptors (Lipinski definition) is 3. The third-order valence-electron chi connectivity index (χ3n) is 6.09. The van der Waals surface area contributed by atoms with Gasteiger partial charge in [-0.1, -0.05) is 60.7 Å². The summed E-state index contributed by atoms with van der Waals surface area (Å²) < 4.78 is 0. The second-order valence-electron chi connectivity index (χ2n) is 8.84. The molecule has 0 radical (unpaired) electrons. The Morgan fingerprint density at radius 3 is 2.19 bits per heavy atom. The van der Waals surface area contributed by atoms with Crippen LogP contribution in [-0.2, 0) is 17.9 Å². The van der Waals surface area contributed by atoms with E-state index in [-0.39, 0.29) is 5.91 Å². The summed E-state index contributed by atoms with van der Waals surface area (Å²) in [6.45, 7) is 8.06. The van der Waals surface area contributed by atoms with Gasteiger partial charge in [0, 0.05) is 18.8 Å². The molecular weight excluding hydrogens is 394 g/mol. The Labute approximate surface area is 191 Å². The van der Waals surface area contributed by atoms with Crippen molar-refractivity contribution < 1.29 is 4.79 Å². The van der Waals surface area contributed by atoms with Crippen LogP contribution in [0.25, 0.3) is 0 Å². The Morgan fingerprint density at radius 1 is 0.875 bits per heavy atom. The van der Waals surface area contributed by atoms with Crippen molar-refractivity contribution in [3.05, 3.63) is 101 Å². The molecule has 0 aliphatic carbocycles. The molecule has 32 heavy (non-hydrogen) atoms. The fraction of sp³-hybridized carbons (Fsp3) is 0.321. The Bertz CT molecular complexity index is 1020. The standard InChI is InChI=1S/C28H33N3O/c1-21-16-22(2)18-26(17-21)30-28(32)27(23-10-4-3-5-11-23)29-19-24-12-6-7-13-25(24)20-31-14-8-9-15-31/h3-7,10-13,16-18,27,29H,8-9,14-15,19-20H2,1-2H3,(H,30,32)/t27-/m0/s1. The van der Waals surface area contributed by atoms with Gasteiger partial charge in [-0.25, -0.2) is 0 Å². The number of carbonyl (C=O) groups excluding carboxylic acids is 1. The maximum absolute atomic E-state index is 13.3. The maximum atomic E-state index is 13.3. The molecule has 1 atom stereocenters. The zero-order chi connectivity index (χ0) is 22.3. The van der Waals surface area contributed by atoms with E-state index in [2.05, 4.69) is 45.9 Å². The molecule has 1 aliphatic heterocycles. The first-order valence-electron chi connectivity index (χ1n) is 11.5. The van der Waals surface area contributed by atoms with E-state index in [1.165, 1.54) is 37.1 Å². The molecule has 3 aromatic rings. The maximum Gasteiger partial charge on any atom is 0.246 e. The van der Waals surface area contributed by atoms with Crippen molar-refractivity contribution in [1.29, 1.82) is 0 Å². The van der Waals surface area contributed by atoms with E-state index in [9.17, 15) is 4.79 Å². The van der Waals surface area contributed by atoms with Crippen LogP contribution in [0.4, 0.5) is 5.69 Å². The zero-order valence-corrected chi connectivity index (χ0v) is 19.1. The van der Waals surface area contributed by atoms with Gasteiger partial charge in [0.15, 0.2) is 0 Å². The van der Waals surface area contributed by atoms with Gasteiger partial charge < -0.3 is 5.32 Å². The number of hydrogen-bond donors (Lipinski definition) is 2. The summed E-state index contributed by atoms with van der Waals surface area (Å²) in [6, 6.07) is 24.2. The average Bonchev–Trinajstić information content (AvgIpc) is 3.28. The lowest BCUT2D eigenvalue weighted by Crippen LogP contribution is -2.33. The van der Waals surface area contributed by atoms with Gasteiger partial charge in [0.25, 0.3) is 0 Å². The number of carbonyl (C=O) groups is 1. The first kappa shape index (κ1) is 22.3. The summed E-state index contributed by atoms with van der Waals surface area (Å²) >= 11 is 0. The quantitative estimate of drug-likeness (QED) is 0.508. The van der Waals surface area contributed by atoms with Crippen LogP contribution in [0.1, 0.15) is 46.7 Å². The molecule has 2 N–H and O–H groups in total. The first-order chi connectivity index (χ1) is 15.6. The number of nitrogens with one attached hydrogen (secondary N) is 2. The predicted octanol–water partition coefficient (Wildman–Crippen LogP) is 5.37. The van der Waals surface area contributed by atoms with Crippen LogP contribution in [-0.4, -0.2) is 23.9 Å². The second kappa shape index (κ2) is 10.6. The van der Waals surface area contributed by atoms with Crippen molar-refractivity contribution in [3.8, 4) is 0 Å². The lowest BCUT2D eigenvalue weighted by atomic mass is 10.0. The van der Waals surface area contributed by atoms with Gasteiger partial charge in [0.1, 0.15) is 6.04 Å². The lowest BCUT2D eigenvalue weighted by Gasteiger charge is -2.22. The molecule has 1 amide bonds. The molecule has 4 nitrogen and oxygen atoms in total. The molecular formula is C28H33N3O. The van der Waals surface area contributed by atoms with Crippen LogP contribution in [0.3, 0.4) is 0 Å². The summed E-state index contributed by atoms with van der Waals surface area (Å²) in [7, 11) is 0. The molecule has 3 aromatic carbocycles. The fourth-order valence-corrected chi connectivity index (χ4v) is 4.55. The molecule has 0 spiro atoms. The van der Waals surface area contributed by atoms with Crippen molar-refractivity contribution in [2.45, 2.75) is 45.8 Å². The van der Waals surface area contributed by atoms with Gasteiger partial charge in [-0.05, 0) is 79.7 Å². The van der Waals surface area contributed by atoms with Crippen LogP contribution in [0, 0.1) is 13.8 Å². The van der Waals surface area contributed by atoms with Crippen LogP contribution in [0.15, 0.2) is 72.8 Å². The van der Waals surface area contributed by atoms with E-state index in [0.29, 0.717) is 6.54 Å². The number of benzene rings is 3. The van der Waals surface area contributed by atoms with Gasteiger partial charge in [0.2, 0.25) is 5.91 Å². The van der Waals surface area contributed by atoms with Gasteiger partial charge >= 0.3 is 0 Å². The smallest absolute Gasteiger partial charge is 0.246 e. The molecule has 1 aliphatic rings. The van der Waals surface area contributed by atoms with E-state index in [0.717, 1.165) is 28.9 Å². The van der Waals surface area contributed by atoms with Gasteiger partial charge in [0.05, 0.1) is 0 Å². The molecule has 1 saturated heterocycles. The Morgan fingerprint density at radius 2 is 1.50 bits per heavy atom. The van der Waals surface area contributed by atoms with Crippen molar-refractivity contribution in [2.75, 3.05) is 18.4 Å². The predicted molar refractivity (Wildman–Crippen MR) is 132 cm³/mol. The van der Waals surface area contributed by atoms with E-state index >= 15 is 0 Å². The Balaban J connectivity index is 1.51. The van der Waals surface area contributed by atoms with E-state index in [1.807, 2.05) is 56.3 Å². The van der Waals surface area contributed by atoms with E-state index in [1.54, 1.807) is 0 Å². The molecule has 0 bridgehead atoms. The van der Waals surface area contributed by atoms with E-state index < -0.39 is 6.04 Å². The molecule has 0 aromatic heterocycles. The monoisotopic (exact) mass is 427 g/mol. The number of aryl methyl sites for hydroxylation is 2. The minimum absolute atomic E-state index is 0.0433. The van der Waals surface area contributed by atoms with Crippen molar-refractivity contribution in [3.63, 3.8) is 0 Å². The summed E-state index contributed by atoms with van der Waals surface area (Å²) in [5.41, 5.74) is 6.67. The molecule has 166 valence electrons. The normalized spacial score (nSPS) is 14.9. The lowest BCUT2D eigenvalue weighted by molar-refractivity contribution is -0.118. The summed E-state index contributed by atoms with van der Waals surface area (Å²) in [4.78, 5) is 15.9. The average molecular weight is 428 g/mol. The van der Waals surface area contributed by atoms with Crippen molar-refractivity contribution in [1.82, 2.24) is 10.2 Å². The molecule has 0 unspecified atom stereocenters. The van der Waals surface area contributed by atoms with Crippen LogP contribution < -0.4 is 10.6 Å². The molecule has 1 heterocycles. The highest BCUT2D eigenvalue weighted by molar-refractivity contribution is 5.95. The van der Waals surface area contributed by atoms with Crippen LogP contribution in [0.5, 0.6) is 0 Å². The highest BCUT2D eigenvalue weighted by atomic mass is 16.2.